The zero-order chi connectivity index (χ0) is 17.9. The maximum absolute atomic E-state index is 12.4. The van der Waals surface area contributed by atoms with E-state index in [0.29, 0.717) is 18.7 Å². The summed E-state index contributed by atoms with van der Waals surface area (Å²) in [6.07, 6.45) is 3.67. The third-order valence-electron chi connectivity index (χ3n) is 4.36. The molecule has 1 N–H and O–H groups in total. The van der Waals surface area contributed by atoms with Gasteiger partial charge in [-0.2, -0.15) is 5.10 Å². The van der Waals surface area contributed by atoms with Gasteiger partial charge in [0.2, 0.25) is 0 Å². The van der Waals surface area contributed by atoms with E-state index in [1.165, 1.54) is 0 Å². The molecule has 2 aromatic rings. The first-order valence-electron chi connectivity index (χ1n) is 8.62. The molecule has 0 radical (unpaired) electrons. The van der Waals surface area contributed by atoms with Crippen LogP contribution in [0.1, 0.15) is 49.1 Å². The Morgan fingerprint density at radius 2 is 2.28 bits per heavy atom. The smallest absolute Gasteiger partial charge is 0.271 e. The molecule has 1 unspecified atom stereocenters. The molecule has 1 saturated heterocycles. The van der Waals surface area contributed by atoms with Crippen LogP contribution in [0.3, 0.4) is 0 Å². The fourth-order valence-electron chi connectivity index (χ4n) is 3.03. The number of nitrogens with one attached hydrogen (secondary N) is 1. The Kier molecular flexibility index (Phi) is 5.58. The van der Waals surface area contributed by atoms with Gasteiger partial charge in [0.15, 0.2) is 15.5 Å². The van der Waals surface area contributed by atoms with Crippen LogP contribution in [0.15, 0.2) is 23.6 Å². The van der Waals surface area contributed by atoms with Crippen molar-refractivity contribution < 1.29 is 13.2 Å². The second-order valence-electron chi connectivity index (χ2n) is 6.36. The van der Waals surface area contributed by atoms with Crippen molar-refractivity contribution in [3.8, 4) is 10.6 Å². The van der Waals surface area contributed by atoms with Crippen LogP contribution in [0, 0.1) is 0 Å². The number of aromatic nitrogens is 2. The third kappa shape index (κ3) is 4.30. The van der Waals surface area contributed by atoms with Crippen LogP contribution in [0.25, 0.3) is 10.6 Å². The molecular weight excluding hydrogens is 358 g/mol. The molecule has 1 aliphatic heterocycles. The Balaban J connectivity index is 1.84. The minimum atomic E-state index is -3.02. The Labute approximate surface area is 152 Å². The minimum absolute atomic E-state index is 0.0879. The fourth-order valence-corrected chi connectivity index (χ4v) is 5.45. The molecule has 1 fully saturated rings. The van der Waals surface area contributed by atoms with Crippen LogP contribution in [0.5, 0.6) is 0 Å². The molecule has 0 aliphatic carbocycles. The number of hydrogen-bond donors (Lipinski definition) is 1. The minimum Gasteiger partial charge on any atom is -0.351 e. The van der Waals surface area contributed by atoms with Gasteiger partial charge >= 0.3 is 0 Å². The Morgan fingerprint density at radius 3 is 2.92 bits per heavy atom. The monoisotopic (exact) mass is 381 g/mol. The second kappa shape index (κ2) is 7.70. The van der Waals surface area contributed by atoms with E-state index < -0.39 is 9.84 Å². The van der Waals surface area contributed by atoms with Crippen molar-refractivity contribution in [2.75, 3.05) is 18.1 Å². The lowest BCUT2D eigenvalue weighted by Crippen LogP contribution is -2.25. The highest BCUT2D eigenvalue weighted by atomic mass is 32.2. The van der Waals surface area contributed by atoms with Crippen LogP contribution >= 0.6 is 11.3 Å². The van der Waals surface area contributed by atoms with Crippen LogP contribution in [-0.2, 0) is 9.84 Å². The highest BCUT2D eigenvalue weighted by molar-refractivity contribution is 7.91. The summed E-state index contributed by atoms with van der Waals surface area (Å²) in [6.45, 7) is 2.75. The number of sulfone groups is 1. The molecular formula is C17H23N3O3S2. The average Bonchev–Trinajstić information content (AvgIpc) is 3.29. The van der Waals surface area contributed by atoms with Crippen molar-refractivity contribution in [3.63, 3.8) is 0 Å². The summed E-state index contributed by atoms with van der Waals surface area (Å²) in [5, 5.41) is 9.32. The molecule has 0 spiro atoms. The second-order valence-corrected chi connectivity index (χ2v) is 9.53. The van der Waals surface area contributed by atoms with Gasteiger partial charge in [-0.25, -0.2) is 8.42 Å². The zero-order valence-electron chi connectivity index (χ0n) is 14.3. The average molecular weight is 382 g/mol. The fraction of sp³-hybridized carbons (Fsp3) is 0.529. The maximum Gasteiger partial charge on any atom is 0.271 e. The summed E-state index contributed by atoms with van der Waals surface area (Å²) >= 11 is 1.56. The molecule has 0 bridgehead atoms. The molecule has 0 aromatic carbocycles. The van der Waals surface area contributed by atoms with E-state index in [2.05, 4.69) is 17.3 Å². The van der Waals surface area contributed by atoms with Gasteiger partial charge in [-0.15, -0.1) is 11.3 Å². The van der Waals surface area contributed by atoms with Crippen molar-refractivity contribution >= 4 is 27.1 Å². The molecule has 1 atom stereocenters. The largest absolute Gasteiger partial charge is 0.351 e. The summed E-state index contributed by atoms with van der Waals surface area (Å²) in [4.78, 5) is 13.4. The molecule has 6 nitrogen and oxygen atoms in total. The molecule has 25 heavy (non-hydrogen) atoms. The maximum atomic E-state index is 12.4. The van der Waals surface area contributed by atoms with Gasteiger partial charge in [-0.05, 0) is 30.4 Å². The zero-order valence-corrected chi connectivity index (χ0v) is 15.9. The predicted molar refractivity (Wildman–Crippen MR) is 99.7 cm³/mol. The van der Waals surface area contributed by atoms with Crippen molar-refractivity contribution in [2.24, 2.45) is 0 Å². The highest BCUT2D eigenvalue weighted by Gasteiger charge is 2.32. The Bertz CT molecular complexity index is 825. The Hall–Kier alpha value is -1.67. The van der Waals surface area contributed by atoms with E-state index in [0.717, 1.165) is 29.8 Å². The van der Waals surface area contributed by atoms with Gasteiger partial charge in [0, 0.05) is 6.54 Å². The quantitative estimate of drug-likeness (QED) is 0.748. The molecule has 0 saturated carbocycles. The van der Waals surface area contributed by atoms with Crippen LogP contribution in [0.2, 0.25) is 0 Å². The molecule has 8 heteroatoms. The van der Waals surface area contributed by atoms with Gasteiger partial charge in [0.25, 0.3) is 5.91 Å². The van der Waals surface area contributed by atoms with Crippen molar-refractivity contribution in [2.45, 2.75) is 38.6 Å². The predicted octanol–water partition coefficient (Wildman–Crippen LogP) is 2.89. The number of rotatable bonds is 7. The van der Waals surface area contributed by atoms with E-state index in [1.54, 1.807) is 22.1 Å². The summed E-state index contributed by atoms with van der Waals surface area (Å²) in [5.41, 5.74) is 1.17. The number of carbonyl (C=O) groups is 1. The summed E-state index contributed by atoms with van der Waals surface area (Å²) in [6, 6.07) is 5.47. The van der Waals surface area contributed by atoms with E-state index >= 15 is 0 Å². The molecule has 2 aromatic heterocycles. The van der Waals surface area contributed by atoms with Crippen LogP contribution in [-0.4, -0.2) is 42.2 Å². The number of carbonyl (C=O) groups excluding carboxylic acids is 1. The van der Waals surface area contributed by atoms with Crippen molar-refractivity contribution in [1.82, 2.24) is 15.1 Å². The first-order valence-corrected chi connectivity index (χ1v) is 11.3. The van der Waals surface area contributed by atoms with Gasteiger partial charge < -0.3 is 5.32 Å². The first-order chi connectivity index (χ1) is 12.0. The number of amides is 1. The van der Waals surface area contributed by atoms with Crippen LogP contribution in [0.4, 0.5) is 0 Å². The van der Waals surface area contributed by atoms with E-state index in [1.807, 2.05) is 17.5 Å². The topological polar surface area (TPSA) is 81.1 Å². The molecule has 136 valence electrons. The SMILES string of the molecule is CCCCCNC(=O)c1cc(-c2cccs2)n(C2CCS(=O)(=O)C2)n1. The standard InChI is InChI=1S/C17H23N3O3S2/c1-2-3-4-8-18-17(21)14-11-15(16-6-5-9-24-16)20(19-14)13-7-10-25(22,23)12-13/h5-6,9,11,13H,2-4,7-8,10,12H2,1H3,(H,18,21). The molecule has 1 amide bonds. The van der Waals surface area contributed by atoms with Crippen molar-refractivity contribution in [3.05, 3.63) is 29.3 Å². The Morgan fingerprint density at radius 1 is 1.44 bits per heavy atom. The number of nitrogens with zero attached hydrogens (tertiary/aromatic N) is 2. The third-order valence-corrected chi connectivity index (χ3v) is 7.00. The van der Waals surface area contributed by atoms with Gasteiger partial charge in [-0.3, -0.25) is 9.48 Å². The normalized spacial score (nSPS) is 19.2. The highest BCUT2D eigenvalue weighted by Crippen LogP contribution is 2.32. The number of hydrogen-bond acceptors (Lipinski definition) is 5. The molecule has 1 aliphatic rings. The van der Waals surface area contributed by atoms with E-state index in [-0.39, 0.29) is 23.5 Å². The first kappa shape index (κ1) is 18.1. The van der Waals surface area contributed by atoms with Gasteiger partial charge in [0.1, 0.15) is 0 Å². The van der Waals surface area contributed by atoms with E-state index in [9.17, 15) is 13.2 Å². The lowest BCUT2D eigenvalue weighted by Gasteiger charge is -2.12. The van der Waals surface area contributed by atoms with Crippen molar-refractivity contribution in [1.29, 1.82) is 0 Å². The van der Waals surface area contributed by atoms with Gasteiger partial charge in [-0.1, -0.05) is 25.8 Å². The molecule has 3 heterocycles. The summed E-state index contributed by atoms with van der Waals surface area (Å²) in [7, 11) is -3.02. The van der Waals surface area contributed by atoms with E-state index in [4.69, 9.17) is 0 Å². The summed E-state index contributed by atoms with van der Waals surface area (Å²) < 4.78 is 25.4. The van der Waals surface area contributed by atoms with Gasteiger partial charge in [0.05, 0.1) is 28.1 Å². The van der Waals surface area contributed by atoms with Crippen LogP contribution < -0.4 is 5.32 Å². The molecule has 3 rings (SSSR count). The lowest BCUT2D eigenvalue weighted by molar-refractivity contribution is 0.0947. The number of unbranched alkanes of at least 4 members (excludes halogenated alkanes) is 2. The number of thiophene rings is 1. The lowest BCUT2D eigenvalue weighted by atomic mass is 10.2. The summed E-state index contributed by atoms with van der Waals surface area (Å²) in [5.74, 6) is 0.0680.